The molecule has 2 aromatic rings. The third-order valence-corrected chi connectivity index (χ3v) is 3.55. The molecule has 0 aliphatic heterocycles. The zero-order chi connectivity index (χ0) is 13.3. The molecule has 0 radical (unpaired) electrons. The first-order valence-corrected chi connectivity index (χ1v) is 6.58. The third-order valence-electron chi connectivity index (χ3n) is 2.41. The summed E-state index contributed by atoms with van der Waals surface area (Å²) in [5.74, 6) is -0.230. The molecule has 18 heavy (non-hydrogen) atoms. The van der Waals surface area contributed by atoms with Crippen molar-refractivity contribution in [2.45, 2.75) is 0 Å². The second-order valence-electron chi connectivity index (χ2n) is 3.69. The van der Waals surface area contributed by atoms with Gasteiger partial charge in [0, 0.05) is 21.3 Å². The zero-order valence-corrected chi connectivity index (χ0v) is 12.2. The minimum atomic E-state index is -0.230. The Balaban J connectivity index is 2.51. The van der Waals surface area contributed by atoms with Crippen LogP contribution in [0.25, 0.3) is 0 Å². The number of halogens is 3. The number of ketones is 1. The molecule has 0 aromatic heterocycles. The number of hydrogen-bond donors (Lipinski definition) is 1. The molecule has 5 heteroatoms. The summed E-state index contributed by atoms with van der Waals surface area (Å²) in [6, 6.07) is 9.86. The fraction of sp³-hybridized carbons (Fsp3) is 0. The predicted octanol–water partition coefficient (Wildman–Crippen LogP) is 4.57. The first kappa shape index (κ1) is 13.4. The van der Waals surface area contributed by atoms with E-state index in [1.165, 1.54) is 0 Å². The SMILES string of the molecule is Nc1ccc(C(=O)c2cc(Br)ccc2Cl)c(Cl)c1. The molecule has 0 amide bonds. The second kappa shape index (κ2) is 5.31. The standard InChI is InChI=1S/C13H8BrCl2NO/c14-7-1-4-11(15)10(5-7)13(18)9-3-2-8(17)6-12(9)16/h1-6H,17H2. The summed E-state index contributed by atoms with van der Waals surface area (Å²) >= 11 is 15.3. The Morgan fingerprint density at radius 2 is 1.72 bits per heavy atom. The van der Waals surface area contributed by atoms with Crippen molar-refractivity contribution in [3.8, 4) is 0 Å². The van der Waals surface area contributed by atoms with Crippen molar-refractivity contribution in [3.05, 3.63) is 62.0 Å². The number of carbonyl (C=O) groups is 1. The molecule has 2 N–H and O–H groups in total. The Morgan fingerprint density at radius 1 is 1.00 bits per heavy atom. The van der Waals surface area contributed by atoms with Gasteiger partial charge in [-0.15, -0.1) is 0 Å². The summed E-state index contributed by atoms with van der Waals surface area (Å²) in [7, 11) is 0. The molecule has 0 atom stereocenters. The maximum absolute atomic E-state index is 12.3. The van der Waals surface area contributed by atoms with Crippen molar-refractivity contribution in [3.63, 3.8) is 0 Å². The van der Waals surface area contributed by atoms with Crippen LogP contribution in [-0.4, -0.2) is 5.78 Å². The highest BCUT2D eigenvalue weighted by molar-refractivity contribution is 9.10. The summed E-state index contributed by atoms with van der Waals surface area (Å²) in [5.41, 5.74) is 6.88. The highest BCUT2D eigenvalue weighted by Crippen LogP contribution is 2.27. The zero-order valence-electron chi connectivity index (χ0n) is 9.08. The molecule has 92 valence electrons. The van der Waals surface area contributed by atoms with Crippen LogP contribution in [0.1, 0.15) is 15.9 Å². The lowest BCUT2D eigenvalue weighted by Gasteiger charge is -2.07. The van der Waals surface area contributed by atoms with E-state index in [1.807, 2.05) is 0 Å². The van der Waals surface area contributed by atoms with Crippen LogP contribution in [0.2, 0.25) is 10.0 Å². The molecule has 0 bridgehead atoms. The fourth-order valence-corrected chi connectivity index (χ4v) is 2.37. The van der Waals surface area contributed by atoms with Crippen molar-refractivity contribution in [2.75, 3.05) is 5.73 Å². The average molecular weight is 345 g/mol. The van der Waals surface area contributed by atoms with Gasteiger partial charge in [-0.1, -0.05) is 39.1 Å². The van der Waals surface area contributed by atoms with E-state index in [0.717, 1.165) is 4.47 Å². The minimum absolute atomic E-state index is 0.230. The van der Waals surface area contributed by atoms with Crippen molar-refractivity contribution in [1.29, 1.82) is 0 Å². The third kappa shape index (κ3) is 2.69. The number of carbonyl (C=O) groups excluding carboxylic acids is 1. The normalized spacial score (nSPS) is 10.4. The monoisotopic (exact) mass is 343 g/mol. The quantitative estimate of drug-likeness (QED) is 0.640. The molecule has 0 saturated carbocycles. The number of nitrogens with two attached hydrogens (primary N) is 1. The average Bonchev–Trinajstić information content (AvgIpc) is 2.31. The molecule has 0 fully saturated rings. The van der Waals surface area contributed by atoms with Gasteiger partial charge in [-0.2, -0.15) is 0 Å². The van der Waals surface area contributed by atoms with E-state index >= 15 is 0 Å². The van der Waals surface area contributed by atoms with Crippen LogP contribution in [0.15, 0.2) is 40.9 Å². The molecule has 0 unspecified atom stereocenters. The number of benzene rings is 2. The Bertz CT molecular complexity index is 628. The van der Waals surface area contributed by atoms with Gasteiger partial charge in [0.2, 0.25) is 0 Å². The van der Waals surface area contributed by atoms with E-state index in [2.05, 4.69) is 15.9 Å². The van der Waals surface area contributed by atoms with Crippen LogP contribution in [0.4, 0.5) is 5.69 Å². The van der Waals surface area contributed by atoms with Crippen LogP contribution in [-0.2, 0) is 0 Å². The Kier molecular flexibility index (Phi) is 3.95. The van der Waals surface area contributed by atoms with Gasteiger partial charge in [-0.25, -0.2) is 0 Å². The molecule has 0 spiro atoms. The summed E-state index contributed by atoms with van der Waals surface area (Å²) in [6.45, 7) is 0. The maximum atomic E-state index is 12.3. The highest BCUT2D eigenvalue weighted by atomic mass is 79.9. The van der Waals surface area contributed by atoms with E-state index in [0.29, 0.717) is 26.9 Å². The first-order chi connectivity index (χ1) is 8.49. The van der Waals surface area contributed by atoms with Crippen molar-refractivity contribution >= 4 is 50.6 Å². The minimum Gasteiger partial charge on any atom is -0.399 e. The largest absolute Gasteiger partial charge is 0.399 e. The van der Waals surface area contributed by atoms with Crippen molar-refractivity contribution < 1.29 is 4.79 Å². The summed E-state index contributed by atoms with van der Waals surface area (Å²) in [4.78, 5) is 12.3. The predicted molar refractivity (Wildman–Crippen MR) is 78.4 cm³/mol. The lowest BCUT2D eigenvalue weighted by molar-refractivity contribution is 0.103. The van der Waals surface area contributed by atoms with Crippen molar-refractivity contribution in [1.82, 2.24) is 0 Å². The van der Waals surface area contributed by atoms with Crippen LogP contribution in [0.3, 0.4) is 0 Å². The summed E-state index contributed by atoms with van der Waals surface area (Å²) in [5, 5.41) is 0.701. The smallest absolute Gasteiger partial charge is 0.196 e. The Hall–Kier alpha value is -1.03. The van der Waals surface area contributed by atoms with Gasteiger partial charge in [-0.3, -0.25) is 4.79 Å². The Morgan fingerprint density at radius 3 is 2.39 bits per heavy atom. The van der Waals surface area contributed by atoms with Gasteiger partial charge in [0.15, 0.2) is 5.78 Å². The van der Waals surface area contributed by atoms with E-state index < -0.39 is 0 Å². The van der Waals surface area contributed by atoms with Gasteiger partial charge in [0.25, 0.3) is 0 Å². The first-order valence-electron chi connectivity index (χ1n) is 5.04. The molecule has 2 aromatic carbocycles. The van der Waals surface area contributed by atoms with E-state index in [-0.39, 0.29) is 5.78 Å². The van der Waals surface area contributed by atoms with Crippen LogP contribution >= 0.6 is 39.1 Å². The lowest BCUT2D eigenvalue weighted by Crippen LogP contribution is -2.03. The van der Waals surface area contributed by atoms with Crippen LogP contribution in [0.5, 0.6) is 0 Å². The number of hydrogen-bond acceptors (Lipinski definition) is 2. The van der Waals surface area contributed by atoms with E-state index in [9.17, 15) is 4.79 Å². The highest BCUT2D eigenvalue weighted by Gasteiger charge is 2.16. The Labute approximate surface area is 123 Å². The topological polar surface area (TPSA) is 43.1 Å². The number of rotatable bonds is 2. The molecule has 0 saturated heterocycles. The summed E-state index contributed by atoms with van der Waals surface area (Å²) < 4.78 is 0.779. The van der Waals surface area contributed by atoms with Gasteiger partial charge >= 0.3 is 0 Å². The van der Waals surface area contributed by atoms with Gasteiger partial charge < -0.3 is 5.73 Å². The van der Waals surface area contributed by atoms with Gasteiger partial charge in [0.1, 0.15) is 0 Å². The number of anilines is 1. The number of nitrogen functional groups attached to an aromatic ring is 1. The van der Waals surface area contributed by atoms with E-state index in [4.69, 9.17) is 28.9 Å². The second-order valence-corrected chi connectivity index (χ2v) is 5.42. The lowest BCUT2D eigenvalue weighted by atomic mass is 10.0. The van der Waals surface area contributed by atoms with Crippen LogP contribution < -0.4 is 5.73 Å². The molecule has 2 rings (SSSR count). The molecule has 0 heterocycles. The van der Waals surface area contributed by atoms with E-state index in [1.54, 1.807) is 36.4 Å². The van der Waals surface area contributed by atoms with Crippen molar-refractivity contribution in [2.24, 2.45) is 0 Å². The molecule has 0 aliphatic carbocycles. The molecule has 2 nitrogen and oxygen atoms in total. The van der Waals surface area contributed by atoms with Gasteiger partial charge in [0.05, 0.1) is 10.0 Å². The fourth-order valence-electron chi connectivity index (χ4n) is 1.53. The maximum Gasteiger partial charge on any atom is 0.196 e. The van der Waals surface area contributed by atoms with Crippen LogP contribution in [0, 0.1) is 0 Å². The summed E-state index contributed by atoms with van der Waals surface area (Å²) in [6.07, 6.45) is 0. The molecule has 0 aliphatic rings. The van der Waals surface area contributed by atoms with Gasteiger partial charge in [-0.05, 0) is 36.4 Å². The molecular weight excluding hydrogens is 337 g/mol. The molecular formula is C13H8BrCl2NO.